The molecule has 2 atom stereocenters. The summed E-state index contributed by atoms with van der Waals surface area (Å²) in [7, 11) is 0. The van der Waals surface area contributed by atoms with Gasteiger partial charge in [0.05, 0.1) is 10.7 Å². The number of nitrogens with one attached hydrogen (secondary N) is 2. The molecule has 0 aromatic carbocycles. The first-order valence-electron chi connectivity index (χ1n) is 7.09. The molecule has 1 aliphatic heterocycles. The highest BCUT2D eigenvalue weighted by molar-refractivity contribution is 7.13. The Hall–Kier alpha value is -0.360. The molecule has 2 rings (SSSR count). The molecule has 1 aromatic heterocycles. The molecule has 0 aliphatic carbocycles. The third kappa shape index (κ3) is 5.40. The zero-order chi connectivity index (χ0) is 13.8. The highest BCUT2D eigenvalue weighted by Crippen LogP contribution is 2.20. The van der Waals surface area contributed by atoms with Gasteiger partial charge >= 0.3 is 0 Å². The molecule has 4 nitrogen and oxygen atoms in total. The lowest BCUT2D eigenvalue weighted by molar-refractivity contribution is 0.0918. The lowest BCUT2D eigenvalue weighted by Gasteiger charge is -2.30. The van der Waals surface area contributed by atoms with E-state index in [2.05, 4.69) is 29.5 Å². The summed E-state index contributed by atoms with van der Waals surface area (Å²) in [5.74, 6) is 0.575. The second-order valence-corrected chi connectivity index (χ2v) is 6.41. The van der Waals surface area contributed by atoms with Gasteiger partial charge in [-0.1, -0.05) is 13.8 Å². The Morgan fingerprint density at radius 1 is 1.48 bits per heavy atom. The standard InChI is InChI=1S/C14H23N3OS.2ClH/c1-4-5-12-16-10(3)13(19-12)14(18)17-11-8-15-7-6-9(11)2;;/h9,11,15H,4-8H2,1-3H3,(H,17,18);2*1H. The lowest BCUT2D eigenvalue weighted by atomic mass is 9.95. The number of aromatic nitrogens is 1. The topological polar surface area (TPSA) is 54.0 Å². The highest BCUT2D eigenvalue weighted by atomic mass is 35.5. The third-order valence-corrected chi connectivity index (χ3v) is 4.87. The Kier molecular flexibility index (Phi) is 9.45. The molecule has 1 fully saturated rings. The van der Waals surface area contributed by atoms with Crippen LogP contribution in [0.5, 0.6) is 0 Å². The van der Waals surface area contributed by atoms with Crippen LogP contribution < -0.4 is 10.6 Å². The first-order chi connectivity index (χ1) is 9.11. The molecule has 2 heterocycles. The molecule has 1 saturated heterocycles. The van der Waals surface area contributed by atoms with E-state index in [0.717, 1.165) is 47.9 Å². The fraction of sp³-hybridized carbons (Fsp3) is 0.714. The van der Waals surface area contributed by atoms with Crippen LogP contribution in [0.4, 0.5) is 0 Å². The van der Waals surface area contributed by atoms with Crippen LogP contribution in [0, 0.1) is 12.8 Å². The fourth-order valence-electron chi connectivity index (χ4n) is 2.40. The molecule has 21 heavy (non-hydrogen) atoms. The monoisotopic (exact) mass is 353 g/mol. The number of piperidine rings is 1. The predicted octanol–water partition coefficient (Wildman–Crippen LogP) is 2.98. The quantitative estimate of drug-likeness (QED) is 0.874. The molecular formula is C14H25Cl2N3OS. The number of aryl methyl sites for hydroxylation is 2. The summed E-state index contributed by atoms with van der Waals surface area (Å²) in [6.45, 7) is 8.17. The van der Waals surface area contributed by atoms with E-state index >= 15 is 0 Å². The smallest absolute Gasteiger partial charge is 0.263 e. The van der Waals surface area contributed by atoms with Crippen LogP contribution in [0.25, 0.3) is 0 Å². The van der Waals surface area contributed by atoms with Crippen molar-refractivity contribution >= 4 is 42.1 Å². The van der Waals surface area contributed by atoms with Gasteiger partial charge in [-0.15, -0.1) is 36.2 Å². The minimum absolute atomic E-state index is 0. The molecule has 2 unspecified atom stereocenters. The number of halogens is 2. The SMILES string of the molecule is CCCc1nc(C)c(C(=O)NC2CNCCC2C)s1.Cl.Cl. The van der Waals surface area contributed by atoms with Gasteiger partial charge in [0, 0.05) is 12.6 Å². The lowest BCUT2D eigenvalue weighted by Crippen LogP contribution is -2.50. The molecule has 0 bridgehead atoms. The molecule has 1 aliphatic rings. The second-order valence-electron chi connectivity index (χ2n) is 5.32. The van der Waals surface area contributed by atoms with Gasteiger partial charge in [-0.3, -0.25) is 4.79 Å². The van der Waals surface area contributed by atoms with E-state index in [1.165, 1.54) is 11.3 Å². The number of hydrogen-bond donors (Lipinski definition) is 2. The maximum Gasteiger partial charge on any atom is 0.263 e. The highest BCUT2D eigenvalue weighted by Gasteiger charge is 2.24. The van der Waals surface area contributed by atoms with Gasteiger partial charge in [0.15, 0.2) is 0 Å². The Bertz CT molecular complexity index is 453. The summed E-state index contributed by atoms with van der Waals surface area (Å²) in [5, 5.41) is 7.55. The van der Waals surface area contributed by atoms with Crippen molar-refractivity contribution in [1.82, 2.24) is 15.6 Å². The first-order valence-corrected chi connectivity index (χ1v) is 7.91. The van der Waals surface area contributed by atoms with Crippen LogP contribution in [-0.4, -0.2) is 30.0 Å². The number of nitrogens with zero attached hydrogens (tertiary/aromatic N) is 1. The predicted molar refractivity (Wildman–Crippen MR) is 93.2 cm³/mol. The van der Waals surface area contributed by atoms with Crippen molar-refractivity contribution in [2.24, 2.45) is 5.92 Å². The number of carbonyl (C=O) groups excluding carboxylic acids is 1. The van der Waals surface area contributed by atoms with E-state index in [1.54, 1.807) is 0 Å². The number of thiazole rings is 1. The van der Waals surface area contributed by atoms with Crippen LogP contribution in [0.2, 0.25) is 0 Å². The molecular weight excluding hydrogens is 329 g/mol. The van der Waals surface area contributed by atoms with Crippen LogP contribution in [0.1, 0.15) is 47.1 Å². The Balaban J connectivity index is 0.00000200. The van der Waals surface area contributed by atoms with Crippen molar-refractivity contribution in [3.8, 4) is 0 Å². The van der Waals surface area contributed by atoms with Gasteiger partial charge in [0.2, 0.25) is 0 Å². The van der Waals surface area contributed by atoms with Crippen molar-refractivity contribution in [1.29, 1.82) is 0 Å². The second kappa shape index (κ2) is 9.62. The summed E-state index contributed by atoms with van der Waals surface area (Å²) in [6.07, 6.45) is 3.14. The molecule has 0 saturated carbocycles. The number of hydrogen-bond acceptors (Lipinski definition) is 4. The minimum Gasteiger partial charge on any atom is -0.347 e. The zero-order valence-electron chi connectivity index (χ0n) is 12.8. The van der Waals surface area contributed by atoms with E-state index in [-0.39, 0.29) is 36.8 Å². The van der Waals surface area contributed by atoms with Gasteiger partial charge < -0.3 is 10.6 Å². The first kappa shape index (κ1) is 20.6. The summed E-state index contributed by atoms with van der Waals surface area (Å²) in [4.78, 5) is 17.6. The molecule has 1 amide bonds. The van der Waals surface area contributed by atoms with Crippen LogP contribution in [0.15, 0.2) is 0 Å². The summed E-state index contributed by atoms with van der Waals surface area (Å²) >= 11 is 1.54. The largest absolute Gasteiger partial charge is 0.347 e. The molecule has 122 valence electrons. The van der Waals surface area contributed by atoms with Crippen molar-refractivity contribution in [2.75, 3.05) is 13.1 Å². The molecule has 2 N–H and O–H groups in total. The zero-order valence-corrected chi connectivity index (χ0v) is 15.2. The van der Waals surface area contributed by atoms with Crippen LogP contribution in [-0.2, 0) is 6.42 Å². The van der Waals surface area contributed by atoms with Gasteiger partial charge in [-0.2, -0.15) is 0 Å². The van der Waals surface area contributed by atoms with Crippen molar-refractivity contribution < 1.29 is 4.79 Å². The number of carbonyl (C=O) groups is 1. The van der Waals surface area contributed by atoms with Gasteiger partial charge in [0.25, 0.3) is 5.91 Å². The Morgan fingerprint density at radius 2 is 2.19 bits per heavy atom. The molecule has 0 radical (unpaired) electrons. The molecule has 0 spiro atoms. The normalized spacial score (nSPS) is 21.1. The Morgan fingerprint density at radius 3 is 2.81 bits per heavy atom. The summed E-state index contributed by atoms with van der Waals surface area (Å²) in [6, 6.07) is 0.234. The van der Waals surface area contributed by atoms with E-state index in [0.29, 0.717) is 5.92 Å². The molecule has 7 heteroatoms. The molecule has 1 aromatic rings. The van der Waals surface area contributed by atoms with E-state index < -0.39 is 0 Å². The Labute approximate surface area is 143 Å². The maximum atomic E-state index is 12.3. The summed E-state index contributed by atoms with van der Waals surface area (Å²) in [5.41, 5.74) is 0.863. The average Bonchev–Trinajstić information content (AvgIpc) is 2.74. The number of amides is 1. The van der Waals surface area contributed by atoms with Crippen LogP contribution in [0.3, 0.4) is 0 Å². The number of rotatable bonds is 4. The minimum atomic E-state index is 0. The van der Waals surface area contributed by atoms with E-state index in [1.807, 2.05) is 6.92 Å². The van der Waals surface area contributed by atoms with Crippen molar-refractivity contribution in [3.63, 3.8) is 0 Å². The van der Waals surface area contributed by atoms with E-state index in [9.17, 15) is 4.79 Å². The van der Waals surface area contributed by atoms with Gasteiger partial charge in [-0.25, -0.2) is 4.98 Å². The fourth-order valence-corrected chi connectivity index (χ4v) is 3.47. The van der Waals surface area contributed by atoms with E-state index in [4.69, 9.17) is 0 Å². The third-order valence-electron chi connectivity index (χ3n) is 3.66. The van der Waals surface area contributed by atoms with Gasteiger partial charge in [-0.05, 0) is 38.6 Å². The van der Waals surface area contributed by atoms with Crippen LogP contribution >= 0.6 is 36.2 Å². The summed E-state index contributed by atoms with van der Waals surface area (Å²) < 4.78 is 0. The van der Waals surface area contributed by atoms with Crippen molar-refractivity contribution in [2.45, 2.75) is 46.1 Å². The maximum absolute atomic E-state index is 12.3. The van der Waals surface area contributed by atoms with Crippen molar-refractivity contribution in [3.05, 3.63) is 15.6 Å². The average molecular weight is 354 g/mol. The van der Waals surface area contributed by atoms with Gasteiger partial charge in [0.1, 0.15) is 4.88 Å².